The van der Waals surface area contributed by atoms with Gasteiger partial charge in [-0.2, -0.15) is 0 Å². The molecule has 3 saturated carbocycles. The minimum absolute atomic E-state index is 0.0211. The molecule has 4 aliphatic carbocycles. The van der Waals surface area contributed by atoms with E-state index >= 15 is 0 Å². The maximum atomic E-state index is 12.3. The Morgan fingerprint density at radius 1 is 1.23 bits per heavy atom. The summed E-state index contributed by atoms with van der Waals surface area (Å²) in [6.07, 6.45) is 6.17. The van der Waals surface area contributed by atoms with Crippen molar-refractivity contribution in [3.63, 3.8) is 0 Å². The van der Waals surface area contributed by atoms with E-state index in [-0.39, 0.29) is 41.3 Å². The third-order valence-corrected chi connectivity index (χ3v) is 8.46. The van der Waals surface area contributed by atoms with Gasteiger partial charge in [-0.3, -0.25) is 9.59 Å². The monoisotopic (exact) mass is 362 g/mol. The van der Waals surface area contributed by atoms with Crippen molar-refractivity contribution in [2.75, 3.05) is 13.2 Å². The third kappa shape index (κ3) is 2.33. The van der Waals surface area contributed by atoms with E-state index < -0.39 is 18.1 Å². The standard InChI is InChI=1S/C21H30O5/c1-20-9-17(25)19-14(15(20)4-5-16(20)18(26)10-22)3-2-12-8-13(24)6-7-21(12,19)11-23/h8,14-17,19,22-23,25H,2-7,9-11H2,1H3/t14-,15-,16+,17-,19+,20-,21+/m0/s1. The third-order valence-electron chi connectivity index (χ3n) is 8.46. The highest BCUT2D eigenvalue weighted by Gasteiger charge is 2.63. The molecular formula is C21H30O5. The van der Waals surface area contributed by atoms with Gasteiger partial charge in [0.15, 0.2) is 11.6 Å². The second-order valence-electron chi connectivity index (χ2n) is 9.32. The zero-order valence-corrected chi connectivity index (χ0v) is 15.5. The summed E-state index contributed by atoms with van der Waals surface area (Å²) in [4.78, 5) is 24.2. The molecule has 144 valence electrons. The van der Waals surface area contributed by atoms with Crippen LogP contribution in [0.4, 0.5) is 0 Å². The molecule has 0 aromatic rings. The van der Waals surface area contributed by atoms with E-state index in [0.29, 0.717) is 25.2 Å². The molecule has 0 amide bonds. The Kier molecular flexibility index (Phi) is 4.41. The lowest BCUT2D eigenvalue weighted by atomic mass is 9.45. The number of fused-ring (bicyclic) bond motifs is 5. The SMILES string of the molecule is C[C@]12C[C@H](O)[C@H]3[C@@H](CCC4=CC(=O)CC[C@@]43CO)[C@@H]1CC[C@@H]2C(=O)CO. The summed E-state index contributed by atoms with van der Waals surface area (Å²) >= 11 is 0. The molecule has 0 aromatic carbocycles. The van der Waals surface area contributed by atoms with Crippen LogP contribution in [0.2, 0.25) is 0 Å². The van der Waals surface area contributed by atoms with Gasteiger partial charge in [0.05, 0.1) is 12.7 Å². The number of rotatable bonds is 3. The molecule has 0 heterocycles. The van der Waals surface area contributed by atoms with E-state index in [2.05, 4.69) is 6.92 Å². The van der Waals surface area contributed by atoms with Crippen molar-refractivity contribution >= 4 is 11.6 Å². The lowest BCUT2D eigenvalue weighted by molar-refractivity contribution is -0.153. The van der Waals surface area contributed by atoms with Gasteiger partial charge >= 0.3 is 0 Å². The summed E-state index contributed by atoms with van der Waals surface area (Å²) < 4.78 is 0. The molecule has 7 atom stereocenters. The predicted molar refractivity (Wildman–Crippen MR) is 95.1 cm³/mol. The summed E-state index contributed by atoms with van der Waals surface area (Å²) in [6.45, 7) is 1.67. The summed E-state index contributed by atoms with van der Waals surface area (Å²) in [7, 11) is 0. The Labute approximate surface area is 154 Å². The van der Waals surface area contributed by atoms with Crippen LogP contribution in [0.15, 0.2) is 11.6 Å². The summed E-state index contributed by atoms with van der Waals surface area (Å²) in [5.74, 6) is 0.408. The Balaban J connectivity index is 1.72. The average Bonchev–Trinajstić information content (AvgIpc) is 2.97. The van der Waals surface area contributed by atoms with Crippen molar-refractivity contribution in [3.8, 4) is 0 Å². The fourth-order valence-electron chi connectivity index (χ4n) is 7.40. The molecule has 0 unspecified atom stereocenters. The fraction of sp³-hybridized carbons (Fsp3) is 0.810. The molecule has 0 bridgehead atoms. The Morgan fingerprint density at radius 3 is 2.69 bits per heavy atom. The van der Waals surface area contributed by atoms with Crippen LogP contribution in [0.25, 0.3) is 0 Å². The molecule has 4 aliphatic rings. The van der Waals surface area contributed by atoms with Crippen LogP contribution in [-0.2, 0) is 9.59 Å². The number of ketones is 2. The minimum Gasteiger partial charge on any atom is -0.395 e. The zero-order chi connectivity index (χ0) is 18.7. The first-order chi connectivity index (χ1) is 12.4. The van der Waals surface area contributed by atoms with Crippen LogP contribution < -0.4 is 0 Å². The van der Waals surface area contributed by atoms with Crippen molar-refractivity contribution < 1.29 is 24.9 Å². The number of aliphatic hydroxyl groups excluding tert-OH is 3. The number of hydrogen-bond acceptors (Lipinski definition) is 5. The second-order valence-corrected chi connectivity index (χ2v) is 9.32. The Bertz CT molecular complexity index is 655. The first kappa shape index (κ1) is 18.3. The van der Waals surface area contributed by atoms with Gasteiger partial charge in [-0.25, -0.2) is 0 Å². The first-order valence-corrected chi connectivity index (χ1v) is 10.0. The minimum atomic E-state index is -0.586. The highest BCUT2D eigenvalue weighted by atomic mass is 16.3. The maximum absolute atomic E-state index is 12.3. The molecule has 5 nitrogen and oxygen atoms in total. The molecule has 5 heteroatoms. The molecule has 0 aromatic heterocycles. The van der Waals surface area contributed by atoms with Gasteiger partial charge in [-0.15, -0.1) is 0 Å². The Morgan fingerprint density at radius 2 is 2.00 bits per heavy atom. The van der Waals surface area contributed by atoms with Crippen LogP contribution in [0.1, 0.15) is 51.9 Å². The van der Waals surface area contributed by atoms with E-state index in [1.54, 1.807) is 6.08 Å². The van der Waals surface area contributed by atoms with Crippen LogP contribution in [-0.4, -0.2) is 46.2 Å². The zero-order valence-electron chi connectivity index (χ0n) is 15.5. The Hall–Kier alpha value is -1.04. The number of aliphatic hydroxyl groups is 3. The molecular weight excluding hydrogens is 332 g/mol. The van der Waals surface area contributed by atoms with E-state index in [9.17, 15) is 24.9 Å². The number of Topliss-reactive ketones (excluding diaryl/α,β-unsaturated/α-hetero) is 1. The molecule has 0 radical (unpaired) electrons. The average molecular weight is 362 g/mol. The number of carbonyl (C=O) groups is 2. The predicted octanol–water partition coefficient (Wildman–Crippen LogP) is 1.64. The van der Waals surface area contributed by atoms with Gasteiger partial charge in [0.25, 0.3) is 0 Å². The van der Waals surface area contributed by atoms with E-state index in [1.165, 1.54) is 0 Å². The van der Waals surface area contributed by atoms with Gasteiger partial charge in [-0.05, 0) is 67.8 Å². The van der Waals surface area contributed by atoms with Crippen LogP contribution in [0.5, 0.6) is 0 Å². The van der Waals surface area contributed by atoms with Gasteiger partial charge in [-0.1, -0.05) is 12.5 Å². The van der Waals surface area contributed by atoms with Crippen LogP contribution in [0, 0.1) is 34.5 Å². The van der Waals surface area contributed by atoms with Crippen molar-refractivity contribution in [2.24, 2.45) is 34.5 Å². The van der Waals surface area contributed by atoms with Gasteiger partial charge in [0, 0.05) is 17.8 Å². The second kappa shape index (κ2) is 6.25. The summed E-state index contributed by atoms with van der Waals surface area (Å²) in [6, 6.07) is 0. The van der Waals surface area contributed by atoms with Gasteiger partial charge in [0.1, 0.15) is 6.61 Å². The smallest absolute Gasteiger partial charge is 0.161 e. The fourth-order valence-corrected chi connectivity index (χ4v) is 7.40. The molecule has 0 spiro atoms. The summed E-state index contributed by atoms with van der Waals surface area (Å²) in [5, 5.41) is 30.9. The van der Waals surface area contributed by atoms with Crippen molar-refractivity contribution in [3.05, 3.63) is 11.6 Å². The van der Waals surface area contributed by atoms with Crippen LogP contribution >= 0.6 is 0 Å². The maximum Gasteiger partial charge on any atom is 0.161 e. The van der Waals surface area contributed by atoms with Gasteiger partial charge in [0.2, 0.25) is 0 Å². The lowest BCUT2D eigenvalue weighted by Gasteiger charge is -2.60. The largest absolute Gasteiger partial charge is 0.395 e. The summed E-state index contributed by atoms with van der Waals surface area (Å²) in [5.41, 5.74) is 0.278. The lowest BCUT2D eigenvalue weighted by Crippen LogP contribution is -2.59. The van der Waals surface area contributed by atoms with E-state index in [1.807, 2.05) is 0 Å². The van der Waals surface area contributed by atoms with E-state index in [0.717, 1.165) is 31.3 Å². The first-order valence-electron chi connectivity index (χ1n) is 10.0. The van der Waals surface area contributed by atoms with E-state index in [4.69, 9.17) is 0 Å². The van der Waals surface area contributed by atoms with Gasteiger partial charge < -0.3 is 15.3 Å². The van der Waals surface area contributed by atoms with Crippen molar-refractivity contribution in [1.82, 2.24) is 0 Å². The molecule has 4 rings (SSSR count). The molecule has 26 heavy (non-hydrogen) atoms. The topological polar surface area (TPSA) is 94.8 Å². The highest BCUT2D eigenvalue weighted by molar-refractivity contribution is 5.91. The number of hydrogen-bond donors (Lipinski definition) is 3. The molecule has 0 aliphatic heterocycles. The van der Waals surface area contributed by atoms with Crippen molar-refractivity contribution in [1.29, 1.82) is 0 Å². The quantitative estimate of drug-likeness (QED) is 0.709. The number of carbonyl (C=O) groups excluding carboxylic acids is 2. The van der Waals surface area contributed by atoms with Crippen molar-refractivity contribution in [2.45, 2.75) is 58.0 Å². The molecule has 3 N–H and O–H groups in total. The highest BCUT2D eigenvalue weighted by Crippen LogP contribution is 2.66. The molecule has 0 saturated heterocycles. The molecule has 3 fully saturated rings. The normalized spacial score (nSPS) is 47.6. The van der Waals surface area contributed by atoms with Crippen LogP contribution in [0.3, 0.4) is 0 Å².